The average Bonchev–Trinajstić information content (AvgIpc) is 3.40. The average molecular weight is 372 g/mol. The van der Waals surface area contributed by atoms with E-state index in [0.717, 1.165) is 18.4 Å². The number of rotatable bonds is 4. The first kappa shape index (κ1) is 16.7. The lowest BCUT2D eigenvalue weighted by atomic mass is 10.2. The van der Waals surface area contributed by atoms with E-state index in [1.807, 2.05) is 6.07 Å². The third-order valence-electron chi connectivity index (χ3n) is 4.52. The van der Waals surface area contributed by atoms with Gasteiger partial charge in [-0.05, 0) is 43.2 Å². The maximum absolute atomic E-state index is 13.2. The molecule has 0 spiro atoms. The van der Waals surface area contributed by atoms with Crippen LogP contribution in [0.1, 0.15) is 32.2 Å². The van der Waals surface area contributed by atoms with Crippen LogP contribution in [0.2, 0.25) is 5.02 Å². The Kier molecular flexibility index (Phi) is 4.00. The van der Waals surface area contributed by atoms with Gasteiger partial charge in [0.15, 0.2) is 5.75 Å². The van der Waals surface area contributed by atoms with Gasteiger partial charge in [-0.25, -0.2) is 4.79 Å². The summed E-state index contributed by atoms with van der Waals surface area (Å²) in [6.45, 7) is 1.70. The number of imidazole rings is 1. The molecule has 0 radical (unpaired) electrons. The highest BCUT2D eigenvalue weighted by molar-refractivity contribution is 6.31. The van der Waals surface area contributed by atoms with Gasteiger partial charge < -0.3 is 10.5 Å². The lowest BCUT2D eigenvalue weighted by Gasteiger charge is -2.13. The van der Waals surface area contributed by atoms with E-state index in [0.29, 0.717) is 21.9 Å². The number of nitrogen functional groups attached to an aromatic ring is 1. The molecule has 0 unspecified atom stereocenters. The number of hydrogen-bond donors (Lipinski definition) is 1. The molecule has 0 saturated heterocycles. The Hall–Kier alpha value is -2.73. The number of esters is 1. The highest BCUT2D eigenvalue weighted by atomic mass is 35.5. The second-order valence-electron chi connectivity index (χ2n) is 6.38. The van der Waals surface area contributed by atoms with Gasteiger partial charge in [-0.2, -0.15) is 0 Å². The van der Waals surface area contributed by atoms with E-state index in [9.17, 15) is 9.59 Å². The van der Waals surface area contributed by atoms with Gasteiger partial charge in [0.25, 0.3) is 0 Å². The molecule has 1 fully saturated rings. The minimum Gasteiger partial charge on any atom is -0.422 e. The van der Waals surface area contributed by atoms with E-state index in [-0.39, 0.29) is 23.9 Å². The van der Waals surface area contributed by atoms with E-state index < -0.39 is 5.97 Å². The number of carbonyl (C=O) groups excluding carboxylic acids is 1. The molecule has 2 N–H and O–H groups in total. The molecule has 1 aliphatic carbocycles. The van der Waals surface area contributed by atoms with Crippen LogP contribution >= 0.6 is 11.6 Å². The van der Waals surface area contributed by atoms with Crippen molar-refractivity contribution in [2.75, 3.05) is 5.73 Å². The first-order chi connectivity index (χ1) is 12.5. The molecule has 0 bridgehead atoms. The number of nitrogens with zero attached hydrogens (tertiary/aromatic N) is 2. The molecule has 0 amide bonds. The van der Waals surface area contributed by atoms with Crippen LogP contribution < -0.4 is 16.2 Å². The summed E-state index contributed by atoms with van der Waals surface area (Å²) in [5, 5.41) is 0.523. The number of fused-ring (bicyclic) bond motifs is 1. The van der Waals surface area contributed by atoms with Crippen LogP contribution in [0.25, 0.3) is 16.7 Å². The molecular formula is C19H18ClN3O3. The summed E-state index contributed by atoms with van der Waals surface area (Å²) in [6, 6.07) is 10.6. The van der Waals surface area contributed by atoms with Gasteiger partial charge in [-0.3, -0.25) is 13.9 Å². The standard InChI is InChI=1S/C19H18ClN3O3/c1-2-17(24)26-18-13(21)4-3-5-15(18)23-16-10-11(20)6-9-14(16)22(19(23)25)12-7-8-12/h3-6,9-10,12H,2,7-8,21H2,1H3. The molecule has 1 aliphatic rings. The number of ether oxygens (including phenoxy) is 1. The van der Waals surface area contributed by atoms with Gasteiger partial charge in [-0.1, -0.05) is 24.6 Å². The number of halogens is 1. The van der Waals surface area contributed by atoms with Crippen LogP contribution in [0.3, 0.4) is 0 Å². The number of nitrogens with two attached hydrogens (primary N) is 1. The van der Waals surface area contributed by atoms with Crippen LogP contribution in [0.5, 0.6) is 5.75 Å². The van der Waals surface area contributed by atoms with E-state index >= 15 is 0 Å². The summed E-state index contributed by atoms with van der Waals surface area (Å²) in [6.07, 6.45) is 2.14. The second-order valence-corrected chi connectivity index (χ2v) is 6.81. The molecule has 4 rings (SSSR count). The molecule has 3 aromatic rings. The molecule has 134 valence electrons. The minimum atomic E-state index is -0.416. The van der Waals surface area contributed by atoms with Crippen molar-refractivity contribution in [3.63, 3.8) is 0 Å². The lowest BCUT2D eigenvalue weighted by Crippen LogP contribution is -2.23. The predicted octanol–water partition coefficient (Wildman–Crippen LogP) is 3.68. The Balaban J connectivity index is 2.03. The summed E-state index contributed by atoms with van der Waals surface area (Å²) >= 11 is 6.18. The molecule has 0 aliphatic heterocycles. The fourth-order valence-electron chi connectivity index (χ4n) is 3.13. The number of carbonyl (C=O) groups is 1. The zero-order valence-corrected chi connectivity index (χ0v) is 15.0. The van der Waals surface area contributed by atoms with Crippen LogP contribution in [-0.2, 0) is 4.79 Å². The van der Waals surface area contributed by atoms with Crippen LogP contribution in [0, 0.1) is 0 Å². The molecule has 2 aromatic carbocycles. The number of aromatic nitrogens is 2. The molecule has 7 heteroatoms. The third kappa shape index (κ3) is 2.66. The first-order valence-electron chi connectivity index (χ1n) is 8.53. The monoisotopic (exact) mass is 371 g/mol. The summed E-state index contributed by atoms with van der Waals surface area (Å²) in [7, 11) is 0. The zero-order chi connectivity index (χ0) is 18.4. The van der Waals surface area contributed by atoms with E-state index in [2.05, 4.69) is 0 Å². The predicted molar refractivity (Wildman–Crippen MR) is 101 cm³/mol. The minimum absolute atomic E-state index is 0.190. The summed E-state index contributed by atoms with van der Waals surface area (Å²) in [5.74, 6) is -0.225. The Morgan fingerprint density at radius 3 is 2.73 bits per heavy atom. The van der Waals surface area contributed by atoms with Crippen molar-refractivity contribution in [2.24, 2.45) is 0 Å². The Morgan fingerprint density at radius 1 is 1.27 bits per heavy atom. The SMILES string of the molecule is CCC(=O)Oc1c(N)cccc1-n1c(=O)n(C2CC2)c2ccc(Cl)cc21. The van der Waals surface area contributed by atoms with Crippen molar-refractivity contribution in [3.8, 4) is 11.4 Å². The fourth-order valence-corrected chi connectivity index (χ4v) is 3.29. The normalized spacial score (nSPS) is 13.9. The van der Waals surface area contributed by atoms with Gasteiger partial charge in [0, 0.05) is 17.5 Å². The van der Waals surface area contributed by atoms with Crippen molar-refractivity contribution >= 4 is 34.3 Å². The van der Waals surface area contributed by atoms with Crippen LogP contribution in [0.4, 0.5) is 5.69 Å². The van der Waals surface area contributed by atoms with Crippen LogP contribution in [0.15, 0.2) is 41.2 Å². The van der Waals surface area contributed by atoms with Gasteiger partial charge in [0.2, 0.25) is 0 Å². The summed E-state index contributed by atoms with van der Waals surface area (Å²) in [5.41, 5.74) is 8.04. The Labute approximate surface area is 154 Å². The van der Waals surface area contributed by atoms with Crippen molar-refractivity contribution in [3.05, 3.63) is 51.9 Å². The van der Waals surface area contributed by atoms with Gasteiger partial charge in [0.05, 0.1) is 22.4 Å². The Morgan fingerprint density at radius 2 is 2.04 bits per heavy atom. The Bertz CT molecular complexity index is 1080. The number of anilines is 1. The molecule has 1 saturated carbocycles. The smallest absolute Gasteiger partial charge is 0.334 e. The quantitative estimate of drug-likeness (QED) is 0.431. The zero-order valence-electron chi connectivity index (χ0n) is 14.2. The van der Waals surface area contributed by atoms with Gasteiger partial charge >= 0.3 is 11.7 Å². The van der Waals surface area contributed by atoms with E-state index in [1.54, 1.807) is 41.8 Å². The fraction of sp³-hybridized carbons (Fsp3) is 0.263. The largest absolute Gasteiger partial charge is 0.422 e. The highest BCUT2D eigenvalue weighted by Crippen LogP contribution is 2.38. The summed E-state index contributed by atoms with van der Waals surface area (Å²) < 4.78 is 8.73. The molecule has 6 nitrogen and oxygen atoms in total. The molecule has 0 atom stereocenters. The topological polar surface area (TPSA) is 79.2 Å². The second kappa shape index (κ2) is 6.21. The molecule has 1 heterocycles. The first-order valence-corrected chi connectivity index (χ1v) is 8.91. The molecule has 26 heavy (non-hydrogen) atoms. The number of hydrogen-bond acceptors (Lipinski definition) is 4. The lowest BCUT2D eigenvalue weighted by molar-refractivity contribution is -0.133. The third-order valence-corrected chi connectivity index (χ3v) is 4.75. The maximum atomic E-state index is 13.2. The number of para-hydroxylation sites is 1. The van der Waals surface area contributed by atoms with Crippen LogP contribution in [-0.4, -0.2) is 15.1 Å². The number of benzene rings is 2. The van der Waals surface area contributed by atoms with E-state index in [1.165, 1.54) is 4.57 Å². The highest BCUT2D eigenvalue weighted by Gasteiger charge is 2.30. The van der Waals surface area contributed by atoms with E-state index in [4.69, 9.17) is 22.1 Å². The molecular weight excluding hydrogens is 354 g/mol. The maximum Gasteiger partial charge on any atom is 0.334 e. The molecule has 1 aromatic heterocycles. The van der Waals surface area contributed by atoms with Gasteiger partial charge in [-0.15, -0.1) is 0 Å². The van der Waals surface area contributed by atoms with Crippen molar-refractivity contribution in [1.29, 1.82) is 0 Å². The van der Waals surface area contributed by atoms with Crippen molar-refractivity contribution < 1.29 is 9.53 Å². The summed E-state index contributed by atoms with van der Waals surface area (Å²) in [4.78, 5) is 25.1. The van der Waals surface area contributed by atoms with Gasteiger partial charge in [0.1, 0.15) is 0 Å². The van der Waals surface area contributed by atoms with Crippen molar-refractivity contribution in [2.45, 2.75) is 32.2 Å². The van der Waals surface area contributed by atoms with Crippen molar-refractivity contribution in [1.82, 2.24) is 9.13 Å².